The summed E-state index contributed by atoms with van der Waals surface area (Å²) >= 11 is 0. The van der Waals surface area contributed by atoms with Crippen molar-refractivity contribution < 1.29 is 17.9 Å². The van der Waals surface area contributed by atoms with Crippen LogP contribution in [0.15, 0.2) is 53.4 Å². The number of hydrogen-bond acceptors (Lipinski definition) is 5. The topological polar surface area (TPSA) is 79.0 Å². The summed E-state index contributed by atoms with van der Waals surface area (Å²) in [7, 11) is 1.78. The molecule has 2 aromatic carbocycles. The molecule has 0 spiro atoms. The third-order valence-corrected chi connectivity index (χ3v) is 8.06. The number of nitrogens with one attached hydrogen (secondary N) is 1. The summed E-state index contributed by atoms with van der Waals surface area (Å²) in [5.41, 5.74) is 1.42. The largest absolute Gasteiger partial charge is 0.496 e. The number of sulfonamides is 1. The normalized spacial score (nSPS) is 16.2. The van der Waals surface area contributed by atoms with Gasteiger partial charge in [-0.25, -0.2) is 8.42 Å². The summed E-state index contributed by atoms with van der Waals surface area (Å²) in [5, 5.41) is 2.97. The molecule has 1 heterocycles. The average molecular weight is 474 g/mol. The highest BCUT2D eigenvalue weighted by Gasteiger charge is 2.27. The molecular formula is C25H35N3O4S. The van der Waals surface area contributed by atoms with Gasteiger partial charge in [-0.15, -0.1) is 0 Å². The lowest BCUT2D eigenvalue weighted by atomic mass is 10.0. The first-order chi connectivity index (χ1) is 15.8. The van der Waals surface area contributed by atoms with Gasteiger partial charge >= 0.3 is 0 Å². The van der Waals surface area contributed by atoms with Gasteiger partial charge in [0.2, 0.25) is 10.0 Å². The van der Waals surface area contributed by atoms with Crippen LogP contribution in [0.5, 0.6) is 5.75 Å². The number of hydrogen-bond donors (Lipinski definition) is 1. The molecule has 0 radical (unpaired) electrons. The third-order valence-electron chi connectivity index (χ3n) is 6.16. The lowest BCUT2D eigenvalue weighted by molar-refractivity contribution is 0.0938. The van der Waals surface area contributed by atoms with Crippen molar-refractivity contribution in [3.63, 3.8) is 0 Å². The summed E-state index contributed by atoms with van der Waals surface area (Å²) in [6.45, 7) is 1.45. The smallest absolute Gasteiger partial charge is 0.255 e. The highest BCUT2D eigenvalue weighted by molar-refractivity contribution is 7.89. The Morgan fingerprint density at radius 3 is 2.33 bits per heavy atom. The van der Waals surface area contributed by atoms with E-state index in [-0.39, 0.29) is 22.4 Å². The van der Waals surface area contributed by atoms with Gasteiger partial charge in [-0.1, -0.05) is 43.2 Å². The summed E-state index contributed by atoms with van der Waals surface area (Å²) in [4.78, 5) is 15.3. The molecule has 1 aliphatic heterocycles. The second-order valence-electron chi connectivity index (χ2n) is 8.70. The first kappa shape index (κ1) is 25.2. The fourth-order valence-corrected chi connectivity index (χ4v) is 5.63. The van der Waals surface area contributed by atoms with E-state index in [1.807, 2.05) is 32.3 Å². The Bertz CT molecular complexity index is 1020. The van der Waals surface area contributed by atoms with E-state index in [0.29, 0.717) is 25.4 Å². The molecule has 0 aliphatic carbocycles. The van der Waals surface area contributed by atoms with Crippen LogP contribution in [0.4, 0.5) is 0 Å². The van der Waals surface area contributed by atoms with E-state index in [9.17, 15) is 13.2 Å². The summed E-state index contributed by atoms with van der Waals surface area (Å²) in [5.74, 6) is 0.00598. The predicted octanol–water partition coefficient (Wildman–Crippen LogP) is 3.16. The van der Waals surface area contributed by atoms with Crippen LogP contribution in [0.2, 0.25) is 0 Å². The molecule has 0 bridgehead atoms. The maximum atomic E-state index is 13.2. The summed E-state index contributed by atoms with van der Waals surface area (Å²) in [6.07, 6.45) is 4.58. The quantitative estimate of drug-likeness (QED) is 0.605. The minimum atomic E-state index is -3.66. The zero-order chi connectivity index (χ0) is 23.8. The van der Waals surface area contributed by atoms with Crippen molar-refractivity contribution in [1.82, 2.24) is 14.5 Å². The Balaban J connectivity index is 1.77. The number of rotatable bonds is 9. The summed E-state index contributed by atoms with van der Waals surface area (Å²) in [6, 6.07) is 14.7. The van der Waals surface area contributed by atoms with Crippen LogP contribution in [0.3, 0.4) is 0 Å². The van der Waals surface area contributed by atoms with E-state index < -0.39 is 10.0 Å². The maximum absolute atomic E-state index is 13.2. The molecule has 1 saturated heterocycles. The lowest BCUT2D eigenvalue weighted by Crippen LogP contribution is -2.41. The number of benzene rings is 2. The molecule has 0 aromatic heterocycles. The number of carbonyl (C=O) groups is 1. The van der Waals surface area contributed by atoms with Crippen molar-refractivity contribution >= 4 is 15.9 Å². The molecule has 2 aromatic rings. The van der Waals surface area contributed by atoms with Crippen LogP contribution < -0.4 is 10.1 Å². The van der Waals surface area contributed by atoms with Crippen LogP contribution in [0.1, 0.15) is 41.6 Å². The van der Waals surface area contributed by atoms with Gasteiger partial charge in [0.1, 0.15) is 5.75 Å². The van der Waals surface area contributed by atoms with Crippen LogP contribution in [0, 0.1) is 0 Å². The van der Waals surface area contributed by atoms with Gasteiger partial charge in [-0.05, 0) is 57.1 Å². The van der Waals surface area contributed by atoms with Gasteiger partial charge in [0.25, 0.3) is 5.91 Å². The number of amides is 1. The second-order valence-corrected chi connectivity index (χ2v) is 10.6. The second kappa shape index (κ2) is 11.6. The van der Waals surface area contributed by atoms with Crippen LogP contribution >= 0.6 is 0 Å². The molecule has 180 valence electrons. The van der Waals surface area contributed by atoms with E-state index >= 15 is 0 Å². The Kier molecular flexibility index (Phi) is 8.88. The SMILES string of the molecule is COc1ccc(S(=O)(=O)N2CCCCCC2)cc1C(=O)NCC(Cc1ccccc1)N(C)C. The Morgan fingerprint density at radius 2 is 1.73 bits per heavy atom. The van der Waals surface area contributed by atoms with Crippen molar-refractivity contribution in [2.24, 2.45) is 0 Å². The molecule has 1 amide bonds. The van der Waals surface area contributed by atoms with E-state index in [0.717, 1.165) is 32.1 Å². The van der Waals surface area contributed by atoms with E-state index in [1.54, 1.807) is 6.07 Å². The number of ether oxygens (including phenoxy) is 1. The first-order valence-electron chi connectivity index (χ1n) is 11.5. The van der Waals surface area contributed by atoms with Crippen molar-refractivity contribution in [3.8, 4) is 5.75 Å². The molecule has 0 saturated carbocycles. The van der Waals surface area contributed by atoms with Crippen molar-refractivity contribution in [2.45, 2.75) is 43.0 Å². The fourth-order valence-electron chi connectivity index (χ4n) is 4.09. The standard InChI is InChI=1S/C25H35N3O4S/c1-27(2)21(17-20-11-7-6-8-12-20)19-26-25(29)23-18-22(13-14-24(23)32-3)33(30,31)28-15-9-4-5-10-16-28/h6-8,11-14,18,21H,4-5,9-10,15-17,19H2,1-3H3,(H,26,29). The van der Waals surface area contributed by atoms with Crippen LogP contribution in [-0.4, -0.2) is 70.4 Å². The van der Waals surface area contributed by atoms with Gasteiger partial charge in [0, 0.05) is 25.7 Å². The molecule has 1 atom stereocenters. The van der Waals surface area contributed by atoms with Gasteiger partial charge in [0.15, 0.2) is 0 Å². The summed E-state index contributed by atoms with van der Waals surface area (Å²) < 4.78 is 33.3. The molecule has 1 unspecified atom stereocenters. The highest BCUT2D eigenvalue weighted by Crippen LogP contribution is 2.26. The van der Waals surface area contributed by atoms with Crippen LogP contribution in [0.25, 0.3) is 0 Å². The van der Waals surface area contributed by atoms with Crippen molar-refractivity contribution in [1.29, 1.82) is 0 Å². The molecule has 7 nitrogen and oxygen atoms in total. The first-order valence-corrected chi connectivity index (χ1v) is 12.9. The maximum Gasteiger partial charge on any atom is 0.255 e. The minimum absolute atomic E-state index is 0.0892. The fraction of sp³-hybridized carbons (Fsp3) is 0.480. The third kappa shape index (κ3) is 6.56. The van der Waals surface area contributed by atoms with Crippen LogP contribution in [-0.2, 0) is 16.4 Å². The Morgan fingerprint density at radius 1 is 1.06 bits per heavy atom. The van der Waals surface area contributed by atoms with E-state index in [4.69, 9.17) is 4.74 Å². The van der Waals surface area contributed by atoms with Crippen molar-refractivity contribution in [3.05, 3.63) is 59.7 Å². The van der Waals surface area contributed by atoms with Gasteiger partial charge < -0.3 is 15.0 Å². The number of methoxy groups -OCH3 is 1. The van der Waals surface area contributed by atoms with E-state index in [2.05, 4.69) is 22.3 Å². The molecule has 1 aliphatic rings. The van der Waals surface area contributed by atoms with Gasteiger partial charge in [0.05, 0.1) is 17.6 Å². The van der Waals surface area contributed by atoms with Gasteiger partial charge in [-0.2, -0.15) is 4.31 Å². The van der Waals surface area contributed by atoms with Gasteiger partial charge in [-0.3, -0.25) is 4.79 Å². The average Bonchev–Trinajstić information content (AvgIpc) is 3.12. The number of carbonyl (C=O) groups excluding carboxylic acids is 1. The molecule has 1 fully saturated rings. The van der Waals surface area contributed by atoms with E-state index in [1.165, 1.54) is 29.1 Å². The highest BCUT2D eigenvalue weighted by atomic mass is 32.2. The predicted molar refractivity (Wildman–Crippen MR) is 130 cm³/mol. The lowest BCUT2D eigenvalue weighted by Gasteiger charge is -2.25. The molecular weight excluding hydrogens is 438 g/mol. The zero-order valence-electron chi connectivity index (χ0n) is 19.8. The minimum Gasteiger partial charge on any atom is -0.496 e. The number of likely N-dealkylation sites (N-methyl/N-ethyl adjacent to an activating group) is 1. The molecule has 33 heavy (non-hydrogen) atoms. The molecule has 1 N–H and O–H groups in total. The zero-order valence-corrected chi connectivity index (χ0v) is 20.6. The monoisotopic (exact) mass is 473 g/mol. The Labute approximate surface area is 197 Å². The van der Waals surface area contributed by atoms with Crippen molar-refractivity contribution in [2.75, 3.05) is 40.8 Å². The number of nitrogens with zero attached hydrogens (tertiary/aromatic N) is 2. The molecule has 3 rings (SSSR count). The molecule has 8 heteroatoms. The Hall–Kier alpha value is -2.42.